The number of amides is 1. The van der Waals surface area contributed by atoms with Gasteiger partial charge in [-0.1, -0.05) is 23.2 Å². The van der Waals surface area contributed by atoms with Crippen LogP contribution in [-0.4, -0.2) is 65.8 Å². The van der Waals surface area contributed by atoms with Gasteiger partial charge in [-0.2, -0.15) is 0 Å². The van der Waals surface area contributed by atoms with Crippen LogP contribution in [0, 0.1) is 32.1 Å². The standard InChI is InChI=1S/C27H34Cl2N6O6/c1-27(2,3)41-26(36)33(17-19-9-11-32(16-19)25-7-5-21(35(39)40)13-23(25)29)30-14-18-8-10-31(15-18)24-6-4-20(34(37)38)12-22(24)28/h4-7,12-13,18-19,30H,8-11,14-17H2,1-3H3. The second-order valence-corrected chi connectivity index (χ2v) is 12.3. The zero-order valence-electron chi connectivity index (χ0n) is 23.2. The molecule has 2 saturated heterocycles. The number of nitrogens with zero attached hydrogens (tertiary/aromatic N) is 5. The van der Waals surface area contributed by atoms with Gasteiger partial charge < -0.3 is 14.5 Å². The van der Waals surface area contributed by atoms with Gasteiger partial charge in [0.05, 0.1) is 31.3 Å². The van der Waals surface area contributed by atoms with E-state index in [1.807, 2.05) is 20.8 Å². The van der Waals surface area contributed by atoms with Crippen LogP contribution in [0.5, 0.6) is 0 Å². The Kier molecular flexibility index (Phi) is 9.45. The number of ether oxygens (including phenoxy) is 1. The average molecular weight is 610 g/mol. The van der Waals surface area contributed by atoms with Crippen LogP contribution in [0.2, 0.25) is 10.0 Å². The van der Waals surface area contributed by atoms with Crippen molar-refractivity contribution in [3.05, 3.63) is 66.7 Å². The molecule has 2 fully saturated rings. The number of nitrogens with one attached hydrogen (secondary N) is 1. The van der Waals surface area contributed by atoms with Crippen molar-refractivity contribution in [3.63, 3.8) is 0 Å². The van der Waals surface area contributed by atoms with E-state index in [9.17, 15) is 25.0 Å². The van der Waals surface area contributed by atoms with E-state index >= 15 is 0 Å². The monoisotopic (exact) mass is 608 g/mol. The van der Waals surface area contributed by atoms with Crippen molar-refractivity contribution in [3.8, 4) is 0 Å². The van der Waals surface area contributed by atoms with E-state index in [-0.39, 0.29) is 23.2 Å². The summed E-state index contributed by atoms with van der Waals surface area (Å²) in [6.07, 6.45) is 1.21. The number of benzene rings is 2. The van der Waals surface area contributed by atoms with Crippen LogP contribution in [0.1, 0.15) is 33.6 Å². The second kappa shape index (κ2) is 12.7. The Morgan fingerprint density at radius 3 is 1.90 bits per heavy atom. The Labute approximate surface area is 248 Å². The molecule has 4 rings (SSSR count). The number of non-ortho nitro benzene ring substituents is 2. The zero-order valence-corrected chi connectivity index (χ0v) is 24.7. The minimum absolute atomic E-state index is 0.0505. The number of hydrogen-bond donors (Lipinski definition) is 1. The molecule has 222 valence electrons. The predicted octanol–water partition coefficient (Wildman–Crippen LogP) is 5.90. The first kappa shape index (κ1) is 30.6. The predicted molar refractivity (Wildman–Crippen MR) is 158 cm³/mol. The lowest BCUT2D eigenvalue weighted by atomic mass is 10.1. The Balaban J connectivity index is 1.38. The molecule has 2 unspecified atom stereocenters. The van der Waals surface area contributed by atoms with E-state index in [4.69, 9.17) is 27.9 Å². The third-order valence-electron chi connectivity index (χ3n) is 7.16. The number of halogens is 2. The number of rotatable bonds is 9. The fourth-order valence-electron chi connectivity index (χ4n) is 5.17. The molecule has 0 aliphatic carbocycles. The van der Waals surface area contributed by atoms with E-state index in [2.05, 4.69) is 15.2 Å². The molecule has 2 aromatic carbocycles. The van der Waals surface area contributed by atoms with E-state index in [1.165, 1.54) is 24.3 Å². The highest BCUT2D eigenvalue weighted by Crippen LogP contribution is 2.34. The molecule has 0 spiro atoms. The molecule has 2 heterocycles. The van der Waals surface area contributed by atoms with Gasteiger partial charge in [0, 0.05) is 63.5 Å². The molecule has 2 aliphatic heterocycles. The smallest absolute Gasteiger partial charge is 0.424 e. The molecular weight excluding hydrogens is 575 g/mol. The molecule has 1 N–H and O–H groups in total. The van der Waals surface area contributed by atoms with Gasteiger partial charge in [-0.25, -0.2) is 15.2 Å². The number of anilines is 2. The Morgan fingerprint density at radius 1 is 0.951 bits per heavy atom. The summed E-state index contributed by atoms with van der Waals surface area (Å²) >= 11 is 12.7. The van der Waals surface area contributed by atoms with Gasteiger partial charge in [0.25, 0.3) is 11.4 Å². The lowest BCUT2D eigenvalue weighted by Gasteiger charge is -2.30. The highest BCUT2D eigenvalue weighted by atomic mass is 35.5. The van der Waals surface area contributed by atoms with Crippen molar-refractivity contribution in [2.45, 2.75) is 39.2 Å². The van der Waals surface area contributed by atoms with E-state index < -0.39 is 21.5 Å². The third kappa shape index (κ3) is 7.90. The largest absolute Gasteiger partial charge is 0.443 e. The highest BCUT2D eigenvalue weighted by Gasteiger charge is 2.32. The first-order chi connectivity index (χ1) is 19.3. The van der Waals surface area contributed by atoms with Gasteiger partial charge in [-0.3, -0.25) is 20.2 Å². The van der Waals surface area contributed by atoms with E-state index in [0.717, 1.165) is 30.8 Å². The molecule has 14 heteroatoms. The van der Waals surface area contributed by atoms with Crippen LogP contribution in [-0.2, 0) is 4.74 Å². The topological polar surface area (TPSA) is 134 Å². The van der Waals surface area contributed by atoms with Crippen molar-refractivity contribution < 1.29 is 19.4 Å². The van der Waals surface area contributed by atoms with Crippen LogP contribution >= 0.6 is 23.2 Å². The van der Waals surface area contributed by atoms with Crippen molar-refractivity contribution in [2.75, 3.05) is 49.1 Å². The number of carbonyl (C=O) groups excluding carboxylic acids is 1. The van der Waals surface area contributed by atoms with Crippen LogP contribution in [0.3, 0.4) is 0 Å². The lowest BCUT2D eigenvalue weighted by Crippen LogP contribution is -2.49. The first-order valence-electron chi connectivity index (χ1n) is 13.4. The summed E-state index contributed by atoms with van der Waals surface area (Å²) in [5.74, 6) is 0.338. The normalized spacial score (nSPS) is 19.0. The molecule has 1 amide bonds. The number of nitro benzene ring substituents is 2. The van der Waals surface area contributed by atoms with Crippen molar-refractivity contribution in [2.24, 2.45) is 11.8 Å². The molecule has 2 aliphatic rings. The summed E-state index contributed by atoms with van der Waals surface area (Å²) in [7, 11) is 0. The summed E-state index contributed by atoms with van der Waals surface area (Å²) in [6, 6.07) is 8.95. The van der Waals surface area contributed by atoms with Crippen LogP contribution < -0.4 is 15.2 Å². The summed E-state index contributed by atoms with van der Waals surface area (Å²) in [4.78, 5) is 38.5. The molecule has 0 radical (unpaired) electrons. The summed E-state index contributed by atoms with van der Waals surface area (Å²) in [6.45, 7) is 9.17. The molecule has 0 aromatic heterocycles. The van der Waals surface area contributed by atoms with Gasteiger partial charge in [0.1, 0.15) is 5.60 Å². The Hall–Kier alpha value is -3.35. The second-order valence-electron chi connectivity index (χ2n) is 11.4. The Bertz CT molecular complexity index is 1310. The molecule has 0 saturated carbocycles. The number of hydrogen-bond acceptors (Lipinski definition) is 9. The summed E-state index contributed by atoms with van der Waals surface area (Å²) < 4.78 is 5.67. The number of hydrazine groups is 1. The summed E-state index contributed by atoms with van der Waals surface area (Å²) in [5.41, 5.74) is 4.00. The number of carbonyl (C=O) groups is 1. The minimum Gasteiger partial charge on any atom is -0.443 e. The molecule has 2 aromatic rings. The lowest BCUT2D eigenvalue weighted by molar-refractivity contribution is -0.385. The van der Waals surface area contributed by atoms with Gasteiger partial charge in [-0.05, 0) is 57.6 Å². The van der Waals surface area contributed by atoms with Gasteiger partial charge in [-0.15, -0.1) is 0 Å². The van der Waals surface area contributed by atoms with E-state index in [0.29, 0.717) is 42.8 Å². The average Bonchev–Trinajstić information content (AvgIpc) is 3.55. The SMILES string of the molecule is CC(C)(C)OC(=O)N(CC1CCN(c2ccc([N+](=O)[O-])cc2Cl)C1)NCC1CCN(c2ccc([N+](=O)[O-])cc2Cl)C1. The van der Waals surface area contributed by atoms with E-state index in [1.54, 1.807) is 17.1 Å². The molecule has 0 bridgehead atoms. The van der Waals surface area contributed by atoms with Crippen LogP contribution in [0.15, 0.2) is 36.4 Å². The first-order valence-corrected chi connectivity index (χ1v) is 14.2. The fraction of sp³-hybridized carbons (Fsp3) is 0.519. The zero-order chi connectivity index (χ0) is 29.9. The Morgan fingerprint density at radius 2 is 1.44 bits per heavy atom. The third-order valence-corrected chi connectivity index (χ3v) is 7.77. The molecular formula is C27H34Cl2N6O6. The quantitative estimate of drug-likeness (QED) is 0.272. The maximum Gasteiger partial charge on any atom is 0.424 e. The van der Waals surface area contributed by atoms with Crippen molar-refractivity contribution >= 4 is 52.0 Å². The molecule has 2 atom stereocenters. The van der Waals surface area contributed by atoms with Gasteiger partial charge >= 0.3 is 6.09 Å². The maximum atomic E-state index is 13.1. The maximum absolute atomic E-state index is 13.1. The fourth-order valence-corrected chi connectivity index (χ4v) is 5.76. The van der Waals surface area contributed by atoms with Crippen molar-refractivity contribution in [1.29, 1.82) is 0 Å². The highest BCUT2D eigenvalue weighted by molar-refractivity contribution is 6.33. The van der Waals surface area contributed by atoms with Crippen LogP contribution in [0.25, 0.3) is 0 Å². The van der Waals surface area contributed by atoms with Gasteiger partial charge in [0.2, 0.25) is 0 Å². The minimum atomic E-state index is -0.665. The van der Waals surface area contributed by atoms with Crippen LogP contribution in [0.4, 0.5) is 27.5 Å². The van der Waals surface area contributed by atoms with Crippen molar-refractivity contribution in [1.82, 2.24) is 10.4 Å². The molecule has 41 heavy (non-hydrogen) atoms. The van der Waals surface area contributed by atoms with Gasteiger partial charge in [0.15, 0.2) is 0 Å². The molecule has 12 nitrogen and oxygen atoms in total. The number of nitro groups is 2. The summed E-state index contributed by atoms with van der Waals surface area (Å²) in [5, 5.41) is 24.3.